The molecule has 0 aliphatic carbocycles. The van der Waals surface area contributed by atoms with Crippen molar-refractivity contribution in [2.24, 2.45) is 0 Å². The third-order valence-corrected chi connectivity index (χ3v) is 3.44. The summed E-state index contributed by atoms with van der Waals surface area (Å²) in [5.41, 5.74) is 3.37. The van der Waals surface area contributed by atoms with Crippen molar-refractivity contribution < 1.29 is 9.59 Å². The zero-order chi connectivity index (χ0) is 12.6. The number of fused-ring (bicyclic) bond motifs is 1. The Bertz CT molecular complexity index is 496. The quantitative estimate of drug-likeness (QED) is 0.611. The molecule has 0 saturated carbocycles. The molecule has 17 heavy (non-hydrogen) atoms. The van der Waals surface area contributed by atoms with Crippen LogP contribution in [0.5, 0.6) is 0 Å². The lowest BCUT2D eigenvalue weighted by atomic mass is 10.0. The predicted octanol–water partition coefficient (Wildman–Crippen LogP) is 2.46. The summed E-state index contributed by atoms with van der Waals surface area (Å²) in [5, 5.41) is 0. The summed E-state index contributed by atoms with van der Waals surface area (Å²) in [5.74, 6) is -0.352. The minimum absolute atomic E-state index is 0.405. The van der Waals surface area contributed by atoms with Crippen LogP contribution in [-0.2, 0) is 4.79 Å². The number of amides is 1. The van der Waals surface area contributed by atoms with Gasteiger partial charge in [-0.05, 0) is 37.5 Å². The van der Waals surface area contributed by atoms with Gasteiger partial charge in [-0.25, -0.2) is 0 Å². The van der Waals surface area contributed by atoms with Crippen LogP contribution in [-0.4, -0.2) is 24.1 Å². The molecule has 0 bridgehead atoms. The van der Waals surface area contributed by atoms with Crippen LogP contribution < -0.4 is 4.90 Å². The molecule has 1 aliphatic rings. The van der Waals surface area contributed by atoms with E-state index in [-0.39, 0.29) is 0 Å². The van der Waals surface area contributed by atoms with Crippen LogP contribution in [0, 0.1) is 13.8 Å². The minimum Gasteiger partial charge on any atom is -0.304 e. The summed E-state index contributed by atoms with van der Waals surface area (Å²) in [7, 11) is 0. The topological polar surface area (TPSA) is 37.4 Å². The Morgan fingerprint density at radius 1 is 1.24 bits per heavy atom. The smallest absolute Gasteiger partial charge is 0.299 e. The van der Waals surface area contributed by atoms with Crippen LogP contribution in [0.4, 0.5) is 5.69 Å². The van der Waals surface area contributed by atoms with E-state index in [0.717, 1.165) is 16.8 Å². The Morgan fingerprint density at radius 2 is 1.94 bits per heavy atom. The lowest BCUT2D eigenvalue weighted by molar-refractivity contribution is -0.114. The van der Waals surface area contributed by atoms with Crippen molar-refractivity contribution >= 4 is 29.0 Å². The molecule has 2 rings (SSSR count). The zero-order valence-corrected chi connectivity index (χ0v) is 10.7. The highest BCUT2D eigenvalue weighted by atomic mass is 35.5. The Kier molecular flexibility index (Phi) is 3.20. The van der Waals surface area contributed by atoms with Gasteiger partial charge in [-0.3, -0.25) is 9.59 Å². The van der Waals surface area contributed by atoms with Crippen LogP contribution in [0.3, 0.4) is 0 Å². The average Bonchev–Trinajstić information content (AvgIpc) is 2.56. The van der Waals surface area contributed by atoms with Crippen LogP contribution in [0.15, 0.2) is 12.1 Å². The van der Waals surface area contributed by atoms with E-state index in [0.29, 0.717) is 24.4 Å². The molecule has 0 saturated heterocycles. The maximum atomic E-state index is 11.9. The van der Waals surface area contributed by atoms with Crippen LogP contribution in [0.2, 0.25) is 0 Å². The van der Waals surface area contributed by atoms with E-state index in [9.17, 15) is 9.59 Å². The molecule has 0 atom stereocenters. The third-order valence-electron chi connectivity index (χ3n) is 3.17. The number of hydrogen-bond donors (Lipinski definition) is 0. The van der Waals surface area contributed by atoms with Gasteiger partial charge in [-0.1, -0.05) is 6.07 Å². The molecule has 0 radical (unpaired) electrons. The number of Topliss-reactive ketones (excluding diaryl/α,β-unsaturated/α-hetero) is 1. The molecule has 1 heterocycles. The molecule has 90 valence electrons. The van der Waals surface area contributed by atoms with E-state index in [1.54, 1.807) is 11.0 Å². The molecule has 0 spiro atoms. The molecule has 0 fully saturated rings. The fraction of sp³-hybridized carbons (Fsp3) is 0.385. The van der Waals surface area contributed by atoms with Crippen molar-refractivity contribution in [3.05, 3.63) is 28.8 Å². The van der Waals surface area contributed by atoms with Crippen LogP contribution >= 0.6 is 11.6 Å². The second-order valence-corrected chi connectivity index (χ2v) is 4.61. The van der Waals surface area contributed by atoms with Gasteiger partial charge in [0.2, 0.25) is 0 Å². The monoisotopic (exact) mass is 251 g/mol. The first-order valence-corrected chi connectivity index (χ1v) is 6.13. The molecule has 1 aromatic carbocycles. The summed E-state index contributed by atoms with van der Waals surface area (Å²) in [6.07, 6.45) is 0.688. The molecular weight excluding hydrogens is 238 g/mol. The second kappa shape index (κ2) is 4.49. The Hall–Kier alpha value is -1.35. The third kappa shape index (κ3) is 1.84. The number of alkyl halides is 1. The number of halogens is 1. The number of benzene rings is 1. The average molecular weight is 252 g/mol. The predicted molar refractivity (Wildman–Crippen MR) is 67.9 cm³/mol. The van der Waals surface area contributed by atoms with Crippen molar-refractivity contribution in [2.75, 3.05) is 17.3 Å². The molecule has 4 heteroatoms. The van der Waals surface area contributed by atoms with Gasteiger partial charge in [0.15, 0.2) is 0 Å². The minimum atomic E-state index is -0.432. The number of rotatable bonds is 3. The first-order chi connectivity index (χ1) is 8.07. The van der Waals surface area contributed by atoms with E-state index in [1.807, 2.05) is 19.9 Å². The van der Waals surface area contributed by atoms with Gasteiger partial charge in [0.25, 0.3) is 11.7 Å². The van der Waals surface area contributed by atoms with Gasteiger partial charge in [-0.15, -0.1) is 11.6 Å². The van der Waals surface area contributed by atoms with Gasteiger partial charge in [0.05, 0.1) is 11.3 Å². The van der Waals surface area contributed by atoms with E-state index in [4.69, 9.17) is 11.6 Å². The number of ketones is 1. The molecule has 0 aromatic heterocycles. The molecule has 3 nitrogen and oxygen atoms in total. The molecule has 0 unspecified atom stereocenters. The second-order valence-electron chi connectivity index (χ2n) is 4.23. The standard InChI is InChI=1S/C13H14ClNO2/c1-8-4-5-10-11(9(8)2)15(7-3-6-14)13(17)12(10)16/h4-5H,3,6-7H2,1-2H3. The van der Waals surface area contributed by atoms with E-state index >= 15 is 0 Å². The lowest BCUT2D eigenvalue weighted by Crippen LogP contribution is -2.31. The molecule has 0 N–H and O–H groups in total. The first-order valence-electron chi connectivity index (χ1n) is 5.60. The highest BCUT2D eigenvalue weighted by Gasteiger charge is 2.36. The SMILES string of the molecule is Cc1ccc2c(c1C)N(CCCCl)C(=O)C2=O. The van der Waals surface area contributed by atoms with Gasteiger partial charge in [-0.2, -0.15) is 0 Å². The number of carbonyl (C=O) groups excluding carboxylic acids is 2. The normalized spacial score (nSPS) is 14.4. The summed E-state index contributed by atoms with van der Waals surface area (Å²) in [4.78, 5) is 25.2. The highest BCUT2D eigenvalue weighted by Crippen LogP contribution is 2.34. The van der Waals surface area contributed by atoms with Gasteiger partial charge >= 0.3 is 0 Å². The maximum absolute atomic E-state index is 11.9. The van der Waals surface area contributed by atoms with Crippen molar-refractivity contribution in [1.82, 2.24) is 0 Å². The Morgan fingerprint density at radius 3 is 2.59 bits per heavy atom. The molecule has 1 aromatic rings. The van der Waals surface area contributed by atoms with Crippen LogP contribution in [0.25, 0.3) is 0 Å². The van der Waals surface area contributed by atoms with E-state index in [2.05, 4.69) is 0 Å². The Balaban J connectivity index is 2.50. The summed E-state index contributed by atoms with van der Waals surface area (Å²) in [6.45, 7) is 4.42. The summed E-state index contributed by atoms with van der Waals surface area (Å²) >= 11 is 5.64. The number of anilines is 1. The van der Waals surface area contributed by atoms with E-state index < -0.39 is 11.7 Å². The summed E-state index contributed by atoms with van der Waals surface area (Å²) in [6, 6.07) is 3.61. The van der Waals surface area contributed by atoms with Crippen molar-refractivity contribution in [2.45, 2.75) is 20.3 Å². The fourth-order valence-electron chi connectivity index (χ4n) is 2.10. The number of aryl methyl sites for hydroxylation is 1. The first kappa shape index (κ1) is 12.1. The molecular formula is C13H14ClNO2. The molecule has 1 aliphatic heterocycles. The number of hydrogen-bond acceptors (Lipinski definition) is 2. The number of nitrogens with zero attached hydrogens (tertiary/aromatic N) is 1. The van der Waals surface area contributed by atoms with E-state index in [1.165, 1.54) is 0 Å². The van der Waals surface area contributed by atoms with Gasteiger partial charge < -0.3 is 4.90 Å². The van der Waals surface area contributed by atoms with Gasteiger partial charge in [0.1, 0.15) is 0 Å². The zero-order valence-electron chi connectivity index (χ0n) is 9.92. The largest absolute Gasteiger partial charge is 0.304 e. The van der Waals surface area contributed by atoms with Crippen molar-refractivity contribution in [1.29, 1.82) is 0 Å². The number of carbonyl (C=O) groups is 2. The van der Waals surface area contributed by atoms with Crippen molar-refractivity contribution in [3.63, 3.8) is 0 Å². The summed E-state index contributed by atoms with van der Waals surface area (Å²) < 4.78 is 0. The van der Waals surface area contributed by atoms with Crippen molar-refractivity contribution in [3.8, 4) is 0 Å². The highest BCUT2D eigenvalue weighted by molar-refractivity contribution is 6.52. The maximum Gasteiger partial charge on any atom is 0.299 e. The Labute approximate surface area is 105 Å². The van der Waals surface area contributed by atoms with Gasteiger partial charge in [0, 0.05) is 12.4 Å². The van der Waals surface area contributed by atoms with Crippen LogP contribution in [0.1, 0.15) is 27.9 Å². The lowest BCUT2D eigenvalue weighted by Gasteiger charge is -2.18. The molecule has 1 amide bonds. The fourth-order valence-corrected chi connectivity index (χ4v) is 2.22.